The van der Waals surface area contributed by atoms with Gasteiger partial charge in [-0.1, -0.05) is 6.92 Å². The van der Waals surface area contributed by atoms with Gasteiger partial charge < -0.3 is 15.2 Å². The second kappa shape index (κ2) is 6.12. The van der Waals surface area contributed by atoms with E-state index in [9.17, 15) is 4.79 Å². The normalized spacial score (nSPS) is 12.6. The number of rotatable bonds is 5. The fourth-order valence-electron chi connectivity index (χ4n) is 0.583. The molecule has 4 heteroatoms. The van der Waals surface area contributed by atoms with Crippen molar-refractivity contribution < 1.29 is 14.6 Å². The lowest BCUT2D eigenvalue weighted by atomic mass is 10.4. The summed E-state index contributed by atoms with van der Waals surface area (Å²) in [7, 11) is 0. The molecule has 2 N–H and O–H groups in total. The highest BCUT2D eigenvalue weighted by Gasteiger charge is 2.03. The van der Waals surface area contributed by atoms with Crippen molar-refractivity contribution in [3.05, 3.63) is 0 Å². The van der Waals surface area contributed by atoms with Gasteiger partial charge in [-0.3, -0.25) is 4.79 Å². The molecule has 0 aliphatic carbocycles. The highest BCUT2D eigenvalue weighted by atomic mass is 16.5. The van der Waals surface area contributed by atoms with E-state index in [1.807, 2.05) is 6.92 Å². The predicted molar refractivity (Wildman–Crippen MR) is 41.2 cm³/mol. The molecule has 0 aliphatic rings. The number of carbonyl (C=O) groups excluding carboxylic acids is 1. The lowest BCUT2D eigenvalue weighted by molar-refractivity contribution is -0.143. The first kappa shape index (κ1) is 10.4. The van der Waals surface area contributed by atoms with Gasteiger partial charge in [0, 0.05) is 13.5 Å². The monoisotopic (exact) mass is 161 g/mol. The topological polar surface area (TPSA) is 58.6 Å². The molecule has 0 rings (SSSR count). The van der Waals surface area contributed by atoms with Crippen LogP contribution in [-0.2, 0) is 9.53 Å². The molecule has 1 unspecified atom stereocenters. The molecule has 0 bridgehead atoms. The van der Waals surface area contributed by atoms with Crippen LogP contribution in [0.2, 0.25) is 0 Å². The highest BCUT2D eigenvalue weighted by Crippen LogP contribution is 1.83. The van der Waals surface area contributed by atoms with Crippen LogP contribution in [0.4, 0.5) is 0 Å². The van der Waals surface area contributed by atoms with Gasteiger partial charge in [0.15, 0.2) is 0 Å². The Morgan fingerprint density at radius 1 is 1.73 bits per heavy atom. The van der Waals surface area contributed by atoms with Gasteiger partial charge >= 0.3 is 5.97 Å². The second-order valence-electron chi connectivity index (χ2n) is 2.26. The molecule has 0 fully saturated rings. The molecule has 66 valence electrons. The summed E-state index contributed by atoms with van der Waals surface area (Å²) >= 11 is 0. The molecule has 0 saturated carbocycles. The second-order valence-corrected chi connectivity index (χ2v) is 2.26. The number of esters is 1. The van der Waals surface area contributed by atoms with Gasteiger partial charge in [0.1, 0.15) is 12.7 Å². The molecule has 0 radical (unpaired) electrons. The third kappa shape index (κ3) is 7.29. The van der Waals surface area contributed by atoms with Crippen LogP contribution in [0.3, 0.4) is 0 Å². The minimum atomic E-state index is -0.598. The molecular formula is C7H15NO3. The maximum atomic E-state index is 10.3. The van der Waals surface area contributed by atoms with Gasteiger partial charge in [0.05, 0.1) is 0 Å². The number of ether oxygens (including phenoxy) is 1. The molecule has 0 saturated heterocycles. The quantitative estimate of drug-likeness (QED) is 0.535. The lowest BCUT2D eigenvalue weighted by Gasteiger charge is -2.09. The van der Waals surface area contributed by atoms with Crippen LogP contribution in [0.5, 0.6) is 0 Å². The van der Waals surface area contributed by atoms with E-state index >= 15 is 0 Å². The molecule has 0 spiro atoms. The average molecular weight is 161 g/mol. The summed E-state index contributed by atoms with van der Waals surface area (Å²) in [6.07, 6.45) is -0.598. The fourth-order valence-corrected chi connectivity index (χ4v) is 0.583. The van der Waals surface area contributed by atoms with Crippen LogP contribution < -0.4 is 5.32 Å². The molecule has 0 heterocycles. The standard InChI is InChI=1S/C7H15NO3/c1-3-8-4-7(10)5-11-6(2)9/h7-8,10H,3-5H2,1-2H3. The van der Waals surface area contributed by atoms with Crippen LogP contribution in [0.15, 0.2) is 0 Å². The molecule has 11 heavy (non-hydrogen) atoms. The average Bonchev–Trinajstić information content (AvgIpc) is 1.97. The summed E-state index contributed by atoms with van der Waals surface area (Å²) in [4.78, 5) is 10.3. The van der Waals surface area contributed by atoms with Crippen LogP contribution in [0.1, 0.15) is 13.8 Å². The van der Waals surface area contributed by atoms with E-state index in [1.54, 1.807) is 0 Å². The Bertz CT molecular complexity index is 116. The Kier molecular flexibility index (Phi) is 5.78. The zero-order valence-corrected chi connectivity index (χ0v) is 6.96. The van der Waals surface area contributed by atoms with Crippen molar-refractivity contribution in [2.45, 2.75) is 20.0 Å². The predicted octanol–water partition coefficient (Wildman–Crippen LogP) is -0.480. The zero-order chi connectivity index (χ0) is 8.69. The Hall–Kier alpha value is -0.610. The van der Waals surface area contributed by atoms with Crippen LogP contribution in [0, 0.1) is 0 Å². The fraction of sp³-hybridized carbons (Fsp3) is 0.857. The molecule has 0 aromatic rings. The first-order chi connectivity index (χ1) is 5.16. The molecular weight excluding hydrogens is 146 g/mol. The Morgan fingerprint density at radius 3 is 2.82 bits per heavy atom. The summed E-state index contributed by atoms with van der Waals surface area (Å²) in [5, 5.41) is 12.0. The van der Waals surface area contributed by atoms with Gasteiger partial charge in [0.2, 0.25) is 0 Å². The van der Waals surface area contributed by atoms with Crippen molar-refractivity contribution in [1.29, 1.82) is 0 Å². The van der Waals surface area contributed by atoms with Crippen molar-refractivity contribution in [2.24, 2.45) is 0 Å². The van der Waals surface area contributed by atoms with Crippen molar-refractivity contribution in [3.8, 4) is 0 Å². The minimum absolute atomic E-state index is 0.0718. The van der Waals surface area contributed by atoms with E-state index in [-0.39, 0.29) is 12.6 Å². The van der Waals surface area contributed by atoms with Gasteiger partial charge in [-0.25, -0.2) is 0 Å². The van der Waals surface area contributed by atoms with Crippen LogP contribution in [0.25, 0.3) is 0 Å². The highest BCUT2D eigenvalue weighted by molar-refractivity contribution is 5.65. The third-order valence-corrected chi connectivity index (χ3v) is 1.11. The van der Waals surface area contributed by atoms with E-state index in [0.717, 1.165) is 6.54 Å². The maximum absolute atomic E-state index is 10.3. The van der Waals surface area contributed by atoms with Crippen molar-refractivity contribution in [1.82, 2.24) is 5.32 Å². The van der Waals surface area contributed by atoms with Crippen molar-refractivity contribution >= 4 is 5.97 Å². The third-order valence-electron chi connectivity index (χ3n) is 1.11. The van der Waals surface area contributed by atoms with E-state index in [2.05, 4.69) is 10.1 Å². The number of likely N-dealkylation sites (N-methyl/N-ethyl adjacent to an activating group) is 1. The molecule has 1 atom stereocenters. The summed E-state index contributed by atoms with van der Waals surface area (Å²) in [6.45, 7) is 4.60. The minimum Gasteiger partial charge on any atom is -0.463 e. The first-order valence-corrected chi connectivity index (χ1v) is 3.69. The van der Waals surface area contributed by atoms with Crippen LogP contribution >= 0.6 is 0 Å². The molecule has 0 aromatic carbocycles. The lowest BCUT2D eigenvalue weighted by Crippen LogP contribution is -2.30. The number of hydrogen-bond donors (Lipinski definition) is 2. The number of hydrogen-bond acceptors (Lipinski definition) is 4. The number of nitrogens with one attached hydrogen (secondary N) is 1. The number of aliphatic hydroxyl groups excluding tert-OH is 1. The smallest absolute Gasteiger partial charge is 0.302 e. The Labute approximate surface area is 66.5 Å². The first-order valence-electron chi connectivity index (χ1n) is 3.69. The van der Waals surface area contributed by atoms with Gasteiger partial charge in [-0.15, -0.1) is 0 Å². The summed E-state index contributed by atoms with van der Waals surface area (Å²) in [5.74, 6) is -0.361. The van der Waals surface area contributed by atoms with E-state index in [0.29, 0.717) is 6.54 Å². The molecule has 0 aliphatic heterocycles. The molecule has 4 nitrogen and oxygen atoms in total. The van der Waals surface area contributed by atoms with E-state index in [4.69, 9.17) is 5.11 Å². The van der Waals surface area contributed by atoms with Gasteiger partial charge in [0.25, 0.3) is 0 Å². The summed E-state index contributed by atoms with van der Waals surface area (Å²) in [6, 6.07) is 0. The summed E-state index contributed by atoms with van der Waals surface area (Å²) < 4.78 is 4.57. The van der Waals surface area contributed by atoms with Gasteiger partial charge in [-0.2, -0.15) is 0 Å². The van der Waals surface area contributed by atoms with Crippen molar-refractivity contribution in [2.75, 3.05) is 19.7 Å². The maximum Gasteiger partial charge on any atom is 0.302 e. The van der Waals surface area contributed by atoms with Gasteiger partial charge in [-0.05, 0) is 6.54 Å². The van der Waals surface area contributed by atoms with Crippen LogP contribution in [-0.4, -0.2) is 36.9 Å². The summed E-state index contributed by atoms with van der Waals surface area (Å²) in [5.41, 5.74) is 0. The Balaban J connectivity index is 3.22. The SMILES string of the molecule is CCNCC(O)COC(C)=O. The number of aliphatic hydroxyl groups is 1. The molecule has 0 aromatic heterocycles. The number of carbonyl (C=O) groups is 1. The molecule has 0 amide bonds. The van der Waals surface area contributed by atoms with E-state index in [1.165, 1.54) is 6.92 Å². The zero-order valence-electron chi connectivity index (χ0n) is 6.96. The largest absolute Gasteiger partial charge is 0.463 e. The Morgan fingerprint density at radius 2 is 2.36 bits per heavy atom. The van der Waals surface area contributed by atoms with Crippen molar-refractivity contribution in [3.63, 3.8) is 0 Å². The van der Waals surface area contributed by atoms with E-state index < -0.39 is 6.10 Å².